The number of nitrogens with zero attached hydrogens (tertiary/aromatic N) is 3. The third kappa shape index (κ3) is 3.76. The van der Waals surface area contributed by atoms with E-state index in [1.165, 1.54) is 30.5 Å². The Kier molecular flexibility index (Phi) is 5.34. The van der Waals surface area contributed by atoms with Crippen LogP contribution in [0.2, 0.25) is 5.02 Å². The second kappa shape index (κ2) is 7.67. The van der Waals surface area contributed by atoms with Gasteiger partial charge in [0.15, 0.2) is 0 Å². The Morgan fingerprint density at radius 3 is 2.54 bits per heavy atom. The number of nitro benzene ring substituents is 1. The largest absolute Gasteiger partial charge is 0.378 e. The maximum Gasteiger partial charge on any atom is 0.292 e. The highest BCUT2D eigenvalue weighted by atomic mass is 79.9. The fraction of sp³-hybridized carbons (Fsp3) is 0.0588. The number of nitro groups is 1. The Hall–Kier alpha value is -2.71. The minimum atomic E-state index is -0.516. The van der Waals surface area contributed by atoms with Gasteiger partial charge in [-0.3, -0.25) is 14.9 Å². The summed E-state index contributed by atoms with van der Waals surface area (Å²) in [6, 6.07) is 13.2. The van der Waals surface area contributed by atoms with E-state index in [4.69, 9.17) is 11.6 Å². The minimum absolute atomic E-state index is 0.00888. The highest BCUT2D eigenvalue weighted by molar-refractivity contribution is 9.10. The Labute approximate surface area is 161 Å². The SMILES string of the molecule is O=c1c(Cl)c(NCc2ccccc2Br)cnn1-c1ccc([N+](=O)[O-])cc1. The van der Waals surface area contributed by atoms with E-state index in [1.807, 2.05) is 24.3 Å². The van der Waals surface area contributed by atoms with Crippen LogP contribution < -0.4 is 10.9 Å². The summed E-state index contributed by atoms with van der Waals surface area (Å²) in [6.07, 6.45) is 1.45. The van der Waals surface area contributed by atoms with Gasteiger partial charge >= 0.3 is 0 Å². The lowest BCUT2D eigenvalue weighted by atomic mass is 10.2. The molecule has 1 heterocycles. The Morgan fingerprint density at radius 2 is 1.88 bits per heavy atom. The highest BCUT2D eigenvalue weighted by Crippen LogP contribution is 2.21. The molecular weight excluding hydrogens is 424 g/mol. The molecule has 0 fully saturated rings. The smallest absolute Gasteiger partial charge is 0.292 e. The fourth-order valence-corrected chi connectivity index (χ4v) is 2.91. The second-order valence-corrected chi connectivity index (χ2v) is 6.54. The van der Waals surface area contributed by atoms with Gasteiger partial charge in [-0.25, -0.2) is 0 Å². The highest BCUT2D eigenvalue weighted by Gasteiger charge is 2.12. The van der Waals surface area contributed by atoms with Crippen molar-refractivity contribution in [3.8, 4) is 5.69 Å². The summed E-state index contributed by atoms with van der Waals surface area (Å²) in [7, 11) is 0. The van der Waals surface area contributed by atoms with E-state index in [1.54, 1.807) is 0 Å². The average Bonchev–Trinajstić information content (AvgIpc) is 2.64. The lowest BCUT2D eigenvalue weighted by Gasteiger charge is -2.11. The molecule has 2 aromatic carbocycles. The molecule has 3 rings (SSSR count). The summed E-state index contributed by atoms with van der Waals surface area (Å²) in [5, 5.41) is 17.9. The zero-order chi connectivity index (χ0) is 18.7. The fourth-order valence-electron chi connectivity index (χ4n) is 2.29. The summed E-state index contributed by atoms with van der Waals surface area (Å²) in [5.41, 5.74) is 1.21. The summed E-state index contributed by atoms with van der Waals surface area (Å²) in [5.74, 6) is 0. The maximum atomic E-state index is 12.5. The van der Waals surface area contributed by atoms with Gasteiger partial charge in [0.05, 0.1) is 22.5 Å². The number of benzene rings is 2. The van der Waals surface area contributed by atoms with Gasteiger partial charge in [-0.2, -0.15) is 9.78 Å². The molecule has 26 heavy (non-hydrogen) atoms. The van der Waals surface area contributed by atoms with Crippen LogP contribution in [0.1, 0.15) is 5.56 Å². The van der Waals surface area contributed by atoms with Crippen LogP contribution in [0.15, 0.2) is 64.0 Å². The molecule has 132 valence electrons. The number of hydrogen-bond donors (Lipinski definition) is 1. The van der Waals surface area contributed by atoms with Crippen LogP contribution in [0.25, 0.3) is 5.69 Å². The van der Waals surface area contributed by atoms with Crippen LogP contribution in [0.4, 0.5) is 11.4 Å². The van der Waals surface area contributed by atoms with Gasteiger partial charge in [0.1, 0.15) is 5.02 Å². The molecule has 0 saturated heterocycles. The van der Waals surface area contributed by atoms with Gasteiger partial charge in [-0.05, 0) is 23.8 Å². The van der Waals surface area contributed by atoms with E-state index in [0.29, 0.717) is 17.9 Å². The predicted molar refractivity (Wildman–Crippen MR) is 103 cm³/mol. The summed E-state index contributed by atoms with van der Waals surface area (Å²) in [4.78, 5) is 22.7. The lowest BCUT2D eigenvalue weighted by Crippen LogP contribution is -2.22. The molecule has 0 saturated carbocycles. The molecule has 3 aromatic rings. The van der Waals surface area contributed by atoms with Crippen LogP contribution in [0.5, 0.6) is 0 Å². The molecule has 0 atom stereocenters. The van der Waals surface area contributed by atoms with Crippen LogP contribution in [-0.2, 0) is 6.54 Å². The van der Waals surface area contributed by atoms with Crippen LogP contribution >= 0.6 is 27.5 Å². The topological polar surface area (TPSA) is 90.1 Å². The van der Waals surface area contributed by atoms with E-state index >= 15 is 0 Å². The molecule has 0 bridgehead atoms. The first-order valence-electron chi connectivity index (χ1n) is 7.47. The first-order chi connectivity index (χ1) is 12.5. The standard InChI is InChI=1S/C17H12BrClN4O3/c18-14-4-2-1-3-11(14)9-20-15-10-21-22(17(24)16(15)19)12-5-7-13(8-6-12)23(25)26/h1-8,10,20H,9H2. The van der Waals surface area contributed by atoms with Crippen LogP contribution in [0, 0.1) is 10.1 Å². The lowest BCUT2D eigenvalue weighted by molar-refractivity contribution is -0.384. The van der Waals surface area contributed by atoms with E-state index in [-0.39, 0.29) is 10.7 Å². The van der Waals surface area contributed by atoms with Crippen LogP contribution in [-0.4, -0.2) is 14.7 Å². The molecule has 7 nitrogen and oxygen atoms in total. The van der Waals surface area contributed by atoms with E-state index < -0.39 is 10.5 Å². The van der Waals surface area contributed by atoms with Gasteiger partial charge in [-0.15, -0.1) is 0 Å². The molecule has 0 amide bonds. The number of aromatic nitrogens is 2. The van der Waals surface area contributed by atoms with Crippen molar-refractivity contribution in [2.24, 2.45) is 0 Å². The van der Waals surface area contributed by atoms with Crippen molar-refractivity contribution in [3.63, 3.8) is 0 Å². The molecule has 0 radical (unpaired) electrons. The van der Waals surface area contributed by atoms with E-state index in [0.717, 1.165) is 14.7 Å². The molecule has 0 spiro atoms. The Morgan fingerprint density at radius 1 is 1.19 bits per heavy atom. The summed E-state index contributed by atoms with van der Waals surface area (Å²) < 4.78 is 2.03. The van der Waals surface area contributed by atoms with Crippen molar-refractivity contribution >= 4 is 38.9 Å². The van der Waals surface area contributed by atoms with Gasteiger partial charge in [0.2, 0.25) is 0 Å². The van der Waals surface area contributed by atoms with Crippen molar-refractivity contribution < 1.29 is 4.92 Å². The molecule has 0 aliphatic carbocycles. The monoisotopic (exact) mass is 434 g/mol. The quantitative estimate of drug-likeness (QED) is 0.480. The van der Waals surface area contributed by atoms with Gasteiger partial charge in [0.25, 0.3) is 11.2 Å². The van der Waals surface area contributed by atoms with Gasteiger partial charge in [-0.1, -0.05) is 45.7 Å². The summed E-state index contributed by atoms with van der Waals surface area (Å²) >= 11 is 9.64. The maximum absolute atomic E-state index is 12.5. The van der Waals surface area contributed by atoms with Gasteiger partial charge < -0.3 is 5.32 Å². The van der Waals surface area contributed by atoms with E-state index in [2.05, 4.69) is 26.3 Å². The molecule has 0 aliphatic heterocycles. The zero-order valence-corrected chi connectivity index (χ0v) is 15.6. The van der Waals surface area contributed by atoms with Crippen molar-refractivity contribution in [2.45, 2.75) is 6.54 Å². The average molecular weight is 436 g/mol. The number of halogens is 2. The van der Waals surface area contributed by atoms with Gasteiger partial charge in [0, 0.05) is 23.2 Å². The number of non-ortho nitro benzene ring substituents is 1. The molecular formula is C17H12BrClN4O3. The summed E-state index contributed by atoms with van der Waals surface area (Å²) in [6.45, 7) is 0.462. The number of anilines is 1. The number of hydrogen-bond acceptors (Lipinski definition) is 5. The Bertz CT molecular complexity index is 1020. The number of nitrogens with one attached hydrogen (secondary N) is 1. The number of rotatable bonds is 5. The van der Waals surface area contributed by atoms with E-state index in [9.17, 15) is 14.9 Å². The predicted octanol–water partition coefficient (Wildman–Crippen LogP) is 4.17. The van der Waals surface area contributed by atoms with Crippen molar-refractivity contribution in [1.82, 2.24) is 9.78 Å². The second-order valence-electron chi connectivity index (χ2n) is 5.31. The molecule has 1 aromatic heterocycles. The van der Waals surface area contributed by atoms with Crippen LogP contribution in [0.3, 0.4) is 0 Å². The zero-order valence-electron chi connectivity index (χ0n) is 13.2. The normalized spacial score (nSPS) is 10.5. The molecule has 0 unspecified atom stereocenters. The first kappa shape index (κ1) is 18.1. The van der Waals surface area contributed by atoms with Crippen molar-refractivity contribution in [1.29, 1.82) is 0 Å². The third-order valence-electron chi connectivity index (χ3n) is 3.65. The minimum Gasteiger partial charge on any atom is -0.378 e. The molecule has 0 aliphatic rings. The third-order valence-corrected chi connectivity index (χ3v) is 4.79. The molecule has 9 heteroatoms. The molecule has 1 N–H and O–H groups in total. The van der Waals surface area contributed by atoms with Crippen molar-refractivity contribution in [2.75, 3.05) is 5.32 Å². The first-order valence-corrected chi connectivity index (χ1v) is 8.64. The van der Waals surface area contributed by atoms with Crippen molar-refractivity contribution in [3.05, 3.63) is 90.3 Å². The Balaban J connectivity index is 1.85.